The number of hydrogen-bond donors (Lipinski definition) is 1. The fraction of sp³-hybridized carbons (Fsp3) is 0.786. The van der Waals surface area contributed by atoms with Crippen molar-refractivity contribution >= 4 is 0 Å². The first-order valence-corrected chi connectivity index (χ1v) is 7.41. The van der Waals surface area contributed by atoms with Crippen molar-refractivity contribution in [3.63, 3.8) is 0 Å². The molecule has 0 aromatic carbocycles. The predicted octanol–water partition coefficient (Wildman–Crippen LogP) is 2.57. The van der Waals surface area contributed by atoms with Gasteiger partial charge in [0, 0.05) is 25.0 Å². The van der Waals surface area contributed by atoms with Crippen LogP contribution in [0.4, 0.5) is 13.2 Å². The van der Waals surface area contributed by atoms with Crippen LogP contribution in [0, 0.1) is 0 Å². The van der Waals surface area contributed by atoms with Crippen LogP contribution in [0.5, 0.6) is 0 Å². The van der Waals surface area contributed by atoms with Gasteiger partial charge in [-0.1, -0.05) is 19.3 Å². The molecule has 0 aliphatic heterocycles. The lowest BCUT2D eigenvalue weighted by atomic mass is 9.94. The van der Waals surface area contributed by atoms with Crippen LogP contribution in [0.2, 0.25) is 0 Å². The van der Waals surface area contributed by atoms with Gasteiger partial charge in [0.15, 0.2) is 0 Å². The third-order valence-corrected chi connectivity index (χ3v) is 3.97. The molecule has 1 aliphatic carbocycles. The van der Waals surface area contributed by atoms with E-state index < -0.39 is 12.7 Å². The molecule has 7 heteroatoms. The normalized spacial score (nSPS) is 17.6. The number of nitrogens with zero attached hydrogens (tertiary/aromatic N) is 3. The number of aliphatic hydroxyl groups excluding tert-OH is 1. The molecule has 1 fully saturated rings. The van der Waals surface area contributed by atoms with Gasteiger partial charge in [0.1, 0.15) is 12.4 Å². The number of aliphatic hydroxyl groups is 1. The van der Waals surface area contributed by atoms with Gasteiger partial charge in [-0.25, -0.2) is 4.98 Å². The summed E-state index contributed by atoms with van der Waals surface area (Å²) in [5.74, 6) is 0.409. The molecule has 0 bridgehead atoms. The standard InChI is InChI=1S/C14H22F3N3O/c15-14(16,17)11-20-7-6-18-13(20)10-19(8-9-21)12-4-2-1-3-5-12/h6-7,12,21H,1-5,8-11H2. The Balaban J connectivity index is 2.04. The number of alkyl halides is 3. The summed E-state index contributed by atoms with van der Waals surface area (Å²) in [5.41, 5.74) is 0. The molecule has 0 saturated heterocycles. The summed E-state index contributed by atoms with van der Waals surface area (Å²) < 4.78 is 38.8. The average Bonchev–Trinajstić information content (AvgIpc) is 2.84. The third kappa shape index (κ3) is 5.00. The molecule has 0 spiro atoms. The summed E-state index contributed by atoms with van der Waals surface area (Å²) in [6, 6.07) is 0.335. The molecule has 1 aliphatic rings. The predicted molar refractivity (Wildman–Crippen MR) is 72.7 cm³/mol. The van der Waals surface area contributed by atoms with Crippen LogP contribution in [-0.4, -0.2) is 44.9 Å². The maximum atomic E-state index is 12.5. The van der Waals surface area contributed by atoms with Gasteiger partial charge in [0.2, 0.25) is 0 Å². The lowest BCUT2D eigenvalue weighted by Crippen LogP contribution is -2.39. The maximum Gasteiger partial charge on any atom is 0.406 e. The molecular formula is C14H22F3N3O. The molecule has 1 N–H and O–H groups in total. The van der Waals surface area contributed by atoms with E-state index in [1.165, 1.54) is 18.8 Å². The minimum atomic E-state index is -4.25. The molecule has 0 radical (unpaired) electrons. The van der Waals surface area contributed by atoms with Crippen molar-refractivity contribution in [2.75, 3.05) is 13.2 Å². The molecule has 120 valence electrons. The fourth-order valence-corrected chi connectivity index (χ4v) is 2.98. The number of aromatic nitrogens is 2. The van der Waals surface area contributed by atoms with E-state index >= 15 is 0 Å². The Morgan fingerprint density at radius 3 is 2.62 bits per heavy atom. The lowest BCUT2D eigenvalue weighted by Gasteiger charge is -2.33. The van der Waals surface area contributed by atoms with E-state index in [9.17, 15) is 18.3 Å². The molecule has 1 saturated carbocycles. The van der Waals surface area contributed by atoms with E-state index in [2.05, 4.69) is 9.88 Å². The maximum absolute atomic E-state index is 12.5. The number of halogens is 3. The molecule has 0 amide bonds. The molecule has 1 aromatic heterocycles. The molecule has 1 aromatic rings. The van der Waals surface area contributed by atoms with E-state index in [0.717, 1.165) is 30.3 Å². The topological polar surface area (TPSA) is 41.3 Å². The van der Waals surface area contributed by atoms with Crippen LogP contribution in [0.15, 0.2) is 12.4 Å². The first kappa shape index (κ1) is 16.3. The van der Waals surface area contributed by atoms with E-state index in [-0.39, 0.29) is 6.61 Å². The SMILES string of the molecule is OCCN(Cc1nccn1CC(F)(F)F)C1CCCCC1. The molecule has 4 nitrogen and oxygen atoms in total. The quantitative estimate of drug-likeness (QED) is 0.878. The van der Waals surface area contributed by atoms with Crippen molar-refractivity contribution in [1.82, 2.24) is 14.5 Å². The molecular weight excluding hydrogens is 283 g/mol. The second-order valence-electron chi connectivity index (χ2n) is 5.57. The summed E-state index contributed by atoms with van der Waals surface area (Å²) in [4.78, 5) is 6.12. The van der Waals surface area contributed by atoms with Gasteiger partial charge < -0.3 is 9.67 Å². The Labute approximate surface area is 122 Å². The highest BCUT2D eigenvalue weighted by Gasteiger charge is 2.29. The van der Waals surface area contributed by atoms with Gasteiger partial charge in [-0.2, -0.15) is 13.2 Å². The highest BCUT2D eigenvalue weighted by molar-refractivity contribution is 4.94. The van der Waals surface area contributed by atoms with E-state index in [1.54, 1.807) is 0 Å². The summed E-state index contributed by atoms with van der Waals surface area (Å²) in [6.07, 6.45) is 4.10. The summed E-state index contributed by atoms with van der Waals surface area (Å²) in [5, 5.41) is 9.20. The summed E-state index contributed by atoms with van der Waals surface area (Å²) in [6.45, 7) is -0.172. The second-order valence-corrected chi connectivity index (χ2v) is 5.57. The summed E-state index contributed by atoms with van der Waals surface area (Å²) in [7, 11) is 0. The summed E-state index contributed by atoms with van der Waals surface area (Å²) >= 11 is 0. The lowest BCUT2D eigenvalue weighted by molar-refractivity contribution is -0.141. The first-order chi connectivity index (χ1) is 9.99. The van der Waals surface area contributed by atoms with Crippen molar-refractivity contribution < 1.29 is 18.3 Å². The van der Waals surface area contributed by atoms with Crippen LogP contribution in [-0.2, 0) is 13.1 Å². The van der Waals surface area contributed by atoms with E-state index in [0.29, 0.717) is 25.0 Å². The molecule has 0 atom stereocenters. The Morgan fingerprint density at radius 1 is 1.29 bits per heavy atom. The smallest absolute Gasteiger partial charge is 0.395 e. The van der Waals surface area contributed by atoms with Crippen molar-refractivity contribution in [2.24, 2.45) is 0 Å². The van der Waals surface area contributed by atoms with Crippen molar-refractivity contribution in [2.45, 2.75) is 57.4 Å². The number of imidazole rings is 1. The average molecular weight is 305 g/mol. The van der Waals surface area contributed by atoms with Crippen molar-refractivity contribution in [3.8, 4) is 0 Å². The van der Waals surface area contributed by atoms with E-state index in [4.69, 9.17) is 0 Å². The van der Waals surface area contributed by atoms with Gasteiger partial charge in [-0.05, 0) is 12.8 Å². The van der Waals surface area contributed by atoms with Crippen LogP contribution in [0.1, 0.15) is 37.9 Å². The zero-order valence-corrected chi connectivity index (χ0v) is 12.0. The van der Waals surface area contributed by atoms with Crippen LogP contribution < -0.4 is 0 Å². The van der Waals surface area contributed by atoms with Gasteiger partial charge in [0.05, 0.1) is 13.2 Å². The Bertz CT molecular complexity index is 427. The minimum Gasteiger partial charge on any atom is -0.395 e. The van der Waals surface area contributed by atoms with Crippen molar-refractivity contribution in [1.29, 1.82) is 0 Å². The monoisotopic (exact) mass is 305 g/mol. The van der Waals surface area contributed by atoms with Gasteiger partial charge in [-0.3, -0.25) is 4.90 Å². The Hall–Kier alpha value is -1.08. The highest BCUT2D eigenvalue weighted by Crippen LogP contribution is 2.24. The zero-order valence-electron chi connectivity index (χ0n) is 12.0. The van der Waals surface area contributed by atoms with Gasteiger partial charge in [0.25, 0.3) is 0 Å². The molecule has 2 rings (SSSR count). The van der Waals surface area contributed by atoms with Crippen molar-refractivity contribution in [3.05, 3.63) is 18.2 Å². The van der Waals surface area contributed by atoms with Crippen LogP contribution in [0.3, 0.4) is 0 Å². The largest absolute Gasteiger partial charge is 0.406 e. The Kier molecular flexibility index (Phi) is 5.64. The third-order valence-electron chi connectivity index (χ3n) is 3.97. The Morgan fingerprint density at radius 2 is 2.00 bits per heavy atom. The molecule has 21 heavy (non-hydrogen) atoms. The van der Waals surface area contributed by atoms with Gasteiger partial charge in [-0.15, -0.1) is 0 Å². The molecule has 0 unspecified atom stereocenters. The second kappa shape index (κ2) is 7.26. The van der Waals surface area contributed by atoms with E-state index in [1.807, 2.05) is 0 Å². The number of rotatable bonds is 6. The first-order valence-electron chi connectivity index (χ1n) is 7.41. The highest BCUT2D eigenvalue weighted by atomic mass is 19.4. The fourth-order valence-electron chi connectivity index (χ4n) is 2.98. The van der Waals surface area contributed by atoms with Crippen LogP contribution in [0.25, 0.3) is 0 Å². The van der Waals surface area contributed by atoms with Gasteiger partial charge >= 0.3 is 6.18 Å². The zero-order chi connectivity index (χ0) is 15.3. The molecule has 1 heterocycles. The number of hydrogen-bond acceptors (Lipinski definition) is 3. The van der Waals surface area contributed by atoms with Crippen LogP contribution >= 0.6 is 0 Å². The minimum absolute atomic E-state index is 0.0104.